The zero-order valence-corrected chi connectivity index (χ0v) is 15.2. The standard InChI is InChI=1S/C19H19F3N2O4/c1-3-27-18(26)24-15-5-4-6-16(11-15)28-12(2)17(25)23-14-9-7-13(8-10-14)19(20,21)22/h4-12H,3H2,1-2H3,(H,23,25)(H,24,26). The largest absolute Gasteiger partial charge is 0.481 e. The number of hydrogen-bond acceptors (Lipinski definition) is 4. The van der Waals surface area contributed by atoms with Gasteiger partial charge in [0, 0.05) is 17.4 Å². The lowest BCUT2D eigenvalue weighted by Crippen LogP contribution is -2.30. The van der Waals surface area contributed by atoms with Gasteiger partial charge < -0.3 is 14.8 Å². The molecule has 0 aliphatic rings. The molecule has 2 rings (SSSR count). The van der Waals surface area contributed by atoms with Crippen LogP contribution in [0.4, 0.5) is 29.3 Å². The summed E-state index contributed by atoms with van der Waals surface area (Å²) in [5.74, 6) is -0.215. The van der Waals surface area contributed by atoms with Crippen molar-refractivity contribution in [2.45, 2.75) is 26.1 Å². The molecule has 0 radical (unpaired) electrons. The molecule has 0 fully saturated rings. The van der Waals surface area contributed by atoms with Crippen molar-refractivity contribution in [2.75, 3.05) is 17.2 Å². The Morgan fingerprint density at radius 3 is 2.32 bits per heavy atom. The van der Waals surface area contributed by atoms with Crippen LogP contribution in [0.15, 0.2) is 48.5 Å². The molecular formula is C19H19F3N2O4. The molecule has 2 N–H and O–H groups in total. The maximum Gasteiger partial charge on any atom is 0.416 e. The molecule has 0 aromatic heterocycles. The highest BCUT2D eigenvalue weighted by atomic mass is 19.4. The van der Waals surface area contributed by atoms with Crippen molar-refractivity contribution in [3.63, 3.8) is 0 Å². The maximum absolute atomic E-state index is 12.6. The minimum Gasteiger partial charge on any atom is -0.481 e. The van der Waals surface area contributed by atoms with Gasteiger partial charge in [-0.05, 0) is 50.2 Å². The van der Waals surface area contributed by atoms with Crippen LogP contribution in [0.3, 0.4) is 0 Å². The van der Waals surface area contributed by atoms with Crippen molar-refractivity contribution < 1.29 is 32.2 Å². The predicted molar refractivity (Wildman–Crippen MR) is 97.3 cm³/mol. The summed E-state index contributed by atoms with van der Waals surface area (Å²) in [4.78, 5) is 23.6. The summed E-state index contributed by atoms with van der Waals surface area (Å²) < 4.78 is 48.0. The third-order valence-corrected chi connectivity index (χ3v) is 3.52. The molecule has 9 heteroatoms. The number of amides is 2. The van der Waals surface area contributed by atoms with Crippen molar-refractivity contribution >= 4 is 23.4 Å². The van der Waals surface area contributed by atoms with Gasteiger partial charge in [-0.3, -0.25) is 10.1 Å². The van der Waals surface area contributed by atoms with Crippen LogP contribution in [-0.2, 0) is 15.7 Å². The van der Waals surface area contributed by atoms with Crippen LogP contribution in [0.2, 0.25) is 0 Å². The van der Waals surface area contributed by atoms with Crippen LogP contribution >= 0.6 is 0 Å². The van der Waals surface area contributed by atoms with Gasteiger partial charge in [-0.15, -0.1) is 0 Å². The normalized spacial score (nSPS) is 12.0. The molecule has 150 valence electrons. The van der Waals surface area contributed by atoms with Gasteiger partial charge in [-0.1, -0.05) is 6.07 Å². The van der Waals surface area contributed by atoms with E-state index in [0.717, 1.165) is 24.3 Å². The van der Waals surface area contributed by atoms with Gasteiger partial charge in [-0.25, -0.2) is 4.79 Å². The van der Waals surface area contributed by atoms with Crippen molar-refractivity contribution in [2.24, 2.45) is 0 Å². The first kappa shape index (κ1) is 21.1. The van der Waals surface area contributed by atoms with E-state index in [-0.39, 0.29) is 12.3 Å². The number of carbonyl (C=O) groups is 2. The van der Waals surface area contributed by atoms with Crippen molar-refractivity contribution in [3.05, 3.63) is 54.1 Å². The van der Waals surface area contributed by atoms with Crippen LogP contribution in [-0.4, -0.2) is 24.7 Å². The summed E-state index contributed by atoms with van der Waals surface area (Å²) >= 11 is 0. The van der Waals surface area contributed by atoms with Gasteiger partial charge in [0.2, 0.25) is 0 Å². The third kappa shape index (κ3) is 6.19. The Kier molecular flexibility index (Phi) is 6.86. The van der Waals surface area contributed by atoms with E-state index in [1.165, 1.54) is 13.0 Å². The lowest BCUT2D eigenvalue weighted by atomic mass is 10.2. The quantitative estimate of drug-likeness (QED) is 0.743. The van der Waals surface area contributed by atoms with Crippen molar-refractivity contribution in [3.8, 4) is 5.75 Å². The molecule has 1 atom stereocenters. The van der Waals surface area contributed by atoms with Crippen LogP contribution in [0.25, 0.3) is 0 Å². The Bertz CT molecular complexity index is 823. The highest BCUT2D eigenvalue weighted by molar-refractivity contribution is 5.94. The number of alkyl halides is 3. The summed E-state index contributed by atoms with van der Waals surface area (Å²) in [7, 11) is 0. The summed E-state index contributed by atoms with van der Waals surface area (Å²) in [5, 5.41) is 4.99. The fraction of sp³-hybridized carbons (Fsp3) is 0.263. The third-order valence-electron chi connectivity index (χ3n) is 3.52. The second-order valence-corrected chi connectivity index (χ2v) is 5.70. The minimum atomic E-state index is -4.44. The number of halogens is 3. The molecular weight excluding hydrogens is 377 g/mol. The van der Waals surface area contributed by atoms with E-state index in [1.54, 1.807) is 25.1 Å². The Hall–Kier alpha value is -3.23. The zero-order valence-electron chi connectivity index (χ0n) is 15.2. The predicted octanol–water partition coefficient (Wildman–Crippen LogP) is 4.68. The maximum atomic E-state index is 12.6. The van der Waals surface area contributed by atoms with E-state index in [9.17, 15) is 22.8 Å². The molecule has 1 unspecified atom stereocenters. The Labute approximate surface area is 159 Å². The van der Waals surface area contributed by atoms with Crippen molar-refractivity contribution in [1.29, 1.82) is 0 Å². The molecule has 6 nitrogen and oxygen atoms in total. The zero-order chi connectivity index (χ0) is 20.7. The number of ether oxygens (including phenoxy) is 2. The molecule has 0 aliphatic heterocycles. The summed E-state index contributed by atoms with van der Waals surface area (Å²) in [6.45, 7) is 3.39. The SMILES string of the molecule is CCOC(=O)Nc1cccc(OC(C)C(=O)Nc2ccc(C(F)(F)F)cc2)c1. The fourth-order valence-electron chi connectivity index (χ4n) is 2.18. The average Bonchev–Trinajstić information content (AvgIpc) is 2.61. The molecule has 0 saturated carbocycles. The first-order valence-corrected chi connectivity index (χ1v) is 8.37. The van der Waals surface area contributed by atoms with Gasteiger partial charge in [0.1, 0.15) is 5.75 Å². The molecule has 0 saturated heterocycles. The summed E-state index contributed by atoms with van der Waals surface area (Å²) in [6.07, 6.45) is -5.99. The monoisotopic (exact) mass is 396 g/mol. The molecule has 2 amide bonds. The number of nitrogens with one attached hydrogen (secondary N) is 2. The van der Waals surface area contributed by atoms with Gasteiger partial charge >= 0.3 is 12.3 Å². The first-order chi connectivity index (χ1) is 13.2. The Morgan fingerprint density at radius 1 is 1.04 bits per heavy atom. The van der Waals surface area contributed by atoms with E-state index < -0.39 is 29.8 Å². The summed E-state index contributed by atoms with van der Waals surface area (Å²) in [6, 6.07) is 10.4. The summed E-state index contributed by atoms with van der Waals surface area (Å²) in [5.41, 5.74) is -0.168. The lowest BCUT2D eigenvalue weighted by Gasteiger charge is -2.16. The minimum absolute atomic E-state index is 0.214. The van der Waals surface area contributed by atoms with E-state index in [1.807, 2.05) is 0 Å². The number of anilines is 2. The van der Waals surface area contributed by atoms with Gasteiger partial charge in [0.05, 0.1) is 12.2 Å². The Morgan fingerprint density at radius 2 is 1.71 bits per heavy atom. The van der Waals surface area contributed by atoms with E-state index >= 15 is 0 Å². The number of carbonyl (C=O) groups excluding carboxylic acids is 2. The molecule has 2 aromatic rings. The smallest absolute Gasteiger partial charge is 0.416 e. The number of benzene rings is 2. The number of hydrogen-bond donors (Lipinski definition) is 2. The molecule has 0 bridgehead atoms. The molecule has 0 heterocycles. The van der Waals surface area contributed by atoms with Gasteiger partial charge in [-0.2, -0.15) is 13.2 Å². The average molecular weight is 396 g/mol. The second-order valence-electron chi connectivity index (χ2n) is 5.70. The molecule has 0 aliphatic carbocycles. The highest BCUT2D eigenvalue weighted by Crippen LogP contribution is 2.29. The molecule has 2 aromatic carbocycles. The molecule has 28 heavy (non-hydrogen) atoms. The van der Waals surface area contributed by atoms with Gasteiger partial charge in [0.15, 0.2) is 6.10 Å². The second kappa shape index (κ2) is 9.12. The Balaban J connectivity index is 1.96. The van der Waals surface area contributed by atoms with Crippen LogP contribution in [0, 0.1) is 0 Å². The van der Waals surface area contributed by atoms with Crippen LogP contribution < -0.4 is 15.4 Å². The first-order valence-electron chi connectivity index (χ1n) is 8.37. The lowest BCUT2D eigenvalue weighted by molar-refractivity contribution is -0.137. The van der Waals surface area contributed by atoms with Crippen LogP contribution in [0.5, 0.6) is 5.75 Å². The van der Waals surface area contributed by atoms with E-state index in [4.69, 9.17) is 9.47 Å². The van der Waals surface area contributed by atoms with Crippen LogP contribution in [0.1, 0.15) is 19.4 Å². The van der Waals surface area contributed by atoms with Crippen molar-refractivity contribution in [1.82, 2.24) is 0 Å². The highest BCUT2D eigenvalue weighted by Gasteiger charge is 2.30. The fourth-order valence-corrected chi connectivity index (χ4v) is 2.18. The topological polar surface area (TPSA) is 76.7 Å². The van der Waals surface area contributed by atoms with Gasteiger partial charge in [0.25, 0.3) is 5.91 Å². The molecule has 0 spiro atoms. The number of rotatable bonds is 6. The van der Waals surface area contributed by atoms with E-state index in [0.29, 0.717) is 11.4 Å². The van der Waals surface area contributed by atoms with E-state index in [2.05, 4.69) is 10.6 Å².